The van der Waals surface area contributed by atoms with Crippen molar-refractivity contribution in [3.63, 3.8) is 0 Å². The van der Waals surface area contributed by atoms with Gasteiger partial charge in [0.05, 0.1) is 11.4 Å². The van der Waals surface area contributed by atoms with Gasteiger partial charge < -0.3 is 10.1 Å². The fraction of sp³-hybridized carbons (Fsp3) is 0.381. The molecular formula is C21H24Cl2N2O4S. The van der Waals surface area contributed by atoms with Gasteiger partial charge in [-0.05, 0) is 61.7 Å². The molecule has 1 heterocycles. The summed E-state index contributed by atoms with van der Waals surface area (Å²) in [7, 11) is -3.57. The normalized spacial score (nSPS) is 15.7. The maximum absolute atomic E-state index is 12.7. The van der Waals surface area contributed by atoms with Gasteiger partial charge in [-0.2, -0.15) is 4.31 Å². The number of sulfonamides is 1. The molecular weight excluding hydrogens is 447 g/mol. The number of hydrogen-bond donors (Lipinski definition) is 1. The Balaban J connectivity index is 1.43. The largest absolute Gasteiger partial charge is 0.492 e. The topological polar surface area (TPSA) is 75.7 Å². The number of hydrogen-bond acceptors (Lipinski definition) is 4. The van der Waals surface area contributed by atoms with Crippen LogP contribution in [0.1, 0.15) is 18.4 Å². The molecule has 3 rings (SSSR count). The number of ether oxygens (including phenoxy) is 1. The van der Waals surface area contributed by atoms with Crippen molar-refractivity contribution in [1.82, 2.24) is 9.62 Å². The summed E-state index contributed by atoms with van der Waals surface area (Å²) in [6.07, 6.45) is 0.958. The smallest absolute Gasteiger partial charge is 0.243 e. The van der Waals surface area contributed by atoms with E-state index in [1.54, 1.807) is 18.2 Å². The van der Waals surface area contributed by atoms with Crippen molar-refractivity contribution in [1.29, 1.82) is 0 Å². The number of amides is 1. The molecule has 0 aromatic heterocycles. The maximum atomic E-state index is 12.7. The molecule has 1 fully saturated rings. The number of carbonyl (C=O) groups excluding carboxylic acids is 1. The monoisotopic (exact) mass is 470 g/mol. The summed E-state index contributed by atoms with van der Waals surface area (Å²) in [6.45, 7) is 3.23. The average Bonchev–Trinajstić information content (AvgIpc) is 2.74. The fourth-order valence-electron chi connectivity index (χ4n) is 3.26. The molecule has 6 nitrogen and oxygen atoms in total. The molecule has 1 saturated heterocycles. The molecule has 0 unspecified atom stereocenters. The van der Waals surface area contributed by atoms with Gasteiger partial charge in [0.1, 0.15) is 12.4 Å². The number of nitrogens with zero attached hydrogens (tertiary/aromatic N) is 1. The van der Waals surface area contributed by atoms with Crippen LogP contribution in [0.5, 0.6) is 5.75 Å². The lowest BCUT2D eigenvalue weighted by molar-refractivity contribution is -0.126. The van der Waals surface area contributed by atoms with Gasteiger partial charge in [-0.25, -0.2) is 8.42 Å². The molecule has 1 aliphatic rings. The van der Waals surface area contributed by atoms with E-state index in [2.05, 4.69) is 5.32 Å². The van der Waals surface area contributed by atoms with Crippen molar-refractivity contribution in [3.05, 3.63) is 58.1 Å². The van der Waals surface area contributed by atoms with E-state index in [1.807, 2.05) is 19.1 Å². The molecule has 30 heavy (non-hydrogen) atoms. The number of piperidine rings is 1. The van der Waals surface area contributed by atoms with Crippen LogP contribution < -0.4 is 10.1 Å². The summed E-state index contributed by atoms with van der Waals surface area (Å²) in [4.78, 5) is 12.6. The van der Waals surface area contributed by atoms with Crippen molar-refractivity contribution in [2.45, 2.75) is 24.7 Å². The van der Waals surface area contributed by atoms with E-state index < -0.39 is 10.0 Å². The molecule has 2 aromatic rings. The summed E-state index contributed by atoms with van der Waals surface area (Å²) in [5.74, 6) is 0.361. The third kappa shape index (κ3) is 5.66. The van der Waals surface area contributed by atoms with Crippen LogP contribution in [-0.2, 0) is 14.8 Å². The van der Waals surface area contributed by atoms with Gasteiger partial charge in [-0.1, -0.05) is 29.3 Å². The zero-order chi connectivity index (χ0) is 21.7. The fourth-order valence-corrected chi connectivity index (χ4v) is 5.03. The lowest BCUT2D eigenvalue weighted by Crippen LogP contribution is -2.43. The molecule has 0 spiro atoms. The molecule has 0 saturated carbocycles. The highest BCUT2D eigenvalue weighted by molar-refractivity contribution is 7.89. The number of rotatable bonds is 7. The third-order valence-corrected chi connectivity index (χ3v) is 7.66. The van der Waals surface area contributed by atoms with Gasteiger partial charge in [0.15, 0.2) is 0 Å². The highest BCUT2D eigenvalue weighted by Crippen LogP contribution is 2.25. The van der Waals surface area contributed by atoms with Gasteiger partial charge in [0.2, 0.25) is 15.9 Å². The van der Waals surface area contributed by atoms with Crippen LogP contribution in [0.4, 0.5) is 0 Å². The highest BCUT2D eigenvalue weighted by Gasteiger charge is 2.31. The Labute approximate surface area is 187 Å². The lowest BCUT2D eigenvalue weighted by Gasteiger charge is -2.30. The van der Waals surface area contributed by atoms with E-state index in [9.17, 15) is 13.2 Å². The molecule has 1 N–H and O–H groups in total. The molecule has 0 bridgehead atoms. The average molecular weight is 471 g/mol. The first kappa shape index (κ1) is 22.9. The lowest BCUT2D eigenvalue weighted by atomic mass is 9.97. The van der Waals surface area contributed by atoms with Gasteiger partial charge in [-0.15, -0.1) is 0 Å². The standard InChI is InChI=1S/C21H24Cl2N2O4S/c1-15-2-5-18(14-20(15)23)29-13-10-24-21(26)16-8-11-25(12-9-16)30(27,28)19-6-3-17(22)4-7-19/h2-7,14,16H,8-13H2,1H3,(H,24,26). The van der Waals surface area contributed by atoms with E-state index in [-0.39, 0.29) is 16.7 Å². The van der Waals surface area contributed by atoms with E-state index in [4.69, 9.17) is 27.9 Å². The summed E-state index contributed by atoms with van der Waals surface area (Å²) in [5, 5.41) is 3.98. The second-order valence-corrected chi connectivity index (χ2v) is 9.96. The number of carbonyl (C=O) groups is 1. The SMILES string of the molecule is Cc1ccc(OCCNC(=O)C2CCN(S(=O)(=O)c3ccc(Cl)cc3)CC2)cc1Cl. The second-order valence-electron chi connectivity index (χ2n) is 7.18. The minimum absolute atomic E-state index is 0.0796. The van der Waals surface area contributed by atoms with Crippen molar-refractivity contribution < 1.29 is 17.9 Å². The zero-order valence-electron chi connectivity index (χ0n) is 16.6. The molecule has 1 amide bonds. The predicted octanol–water partition coefficient (Wildman–Crippen LogP) is 3.90. The first-order valence-corrected chi connectivity index (χ1v) is 11.9. The van der Waals surface area contributed by atoms with Crippen LogP contribution in [0.3, 0.4) is 0 Å². The maximum Gasteiger partial charge on any atom is 0.243 e. The Morgan fingerprint density at radius 2 is 1.80 bits per heavy atom. The molecule has 0 radical (unpaired) electrons. The molecule has 2 aromatic carbocycles. The van der Waals surface area contributed by atoms with Crippen molar-refractivity contribution >= 4 is 39.1 Å². The van der Waals surface area contributed by atoms with E-state index >= 15 is 0 Å². The minimum Gasteiger partial charge on any atom is -0.492 e. The number of benzene rings is 2. The Kier molecular flexibility index (Phi) is 7.63. The van der Waals surface area contributed by atoms with E-state index in [0.29, 0.717) is 54.9 Å². The Hall–Kier alpha value is -1.80. The quantitative estimate of drug-likeness (QED) is 0.622. The van der Waals surface area contributed by atoms with Gasteiger partial charge in [-0.3, -0.25) is 4.79 Å². The van der Waals surface area contributed by atoms with E-state index in [0.717, 1.165) is 5.56 Å². The summed E-state index contributed by atoms with van der Waals surface area (Å²) < 4.78 is 32.5. The summed E-state index contributed by atoms with van der Waals surface area (Å²) in [6, 6.07) is 11.6. The number of aryl methyl sites for hydroxylation is 1. The first-order valence-electron chi connectivity index (χ1n) is 9.70. The van der Waals surface area contributed by atoms with Crippen LogP contribution in [0.15, 0.2) is 47.4 Å². The van der Waals surface area contributed by atoms with Gasteiger partial charge in [0.25, 0.3) is 0 Å². The number of halogens is 2. The third-order valence-electron chi connectivity index (χ3n) is 5.09. The highest BCUT2D eigenvalue weighted by atomic mass is 35.5. The van der Waals surface area contributed by atoms with Crippen LogP contribution in [0, 0.1) is 12.8 Å². The van der Waals surface area contributed by atoms with Crippen LogP contribution in [0.25, 0.3) is 0 Å². The molecule has 162 valence electrons. The van der Waals surface area contributed by atoms with Crippen molar-refractivity contribution in [2.24, 2.45) is 5.92 Å². The van der Waals surface area contributed by atoms with Gasteiger partial charge in [0, 0.05) is 29.1 Å². The minimum atomic E-state index is -3.57. The number of nitrogens with one attached hydrogen (secondary N) is 1. The first-order chi connectivity index (χ1) is 14.3. The molecule has 9 heteroatoms. The summed E-state index contributed by atoms with van der Waals surface area (Å²) >= 11 is 11.9. The van der Waals surface area contributed by atoms with Crippen molar-refractivity contribution in [2.75, 3.05) is 26.2 Å². The Morgan fingerprint density at radius 3 is 2.43 bits per heavy atom. The second kappa shape index (κ2) is 10.0. The van der Waals surface area contributed by atoms with Crippen LogP contribution in [-0.4, -0.2) is 44.9 Å². The Bertz CT molecular complexity index is 989. The molecule has 0 atom stereocenters. The van der Waals surface area contributed by atoms with Crippen LogP contribution in [0.2, 0.25) is 10.0 Å². The van der Waals surface area contributed by atoms with Crippen molar-refractivity contribution in [3.8, 4) is 5.75 Å². The summed E-state index contributed by atoms with van der Waals surface area (Å²) in [5.41, 5.74) is 0.974. The van der Waals surface area contributed by atoms with Crippen LogP contribution >= 0.6 is 23.2 Å². The predicted molar refractivity (Wildman–Crippen MR) is 118 cm³/mol. The van der Waals surface area contributed by atoms with E-state index in [1.165, 1.54) is 16.4 Å². The molecule has 1 aliphatic heterocycles. The zero-order valence-corrected chi connectivity index (χ0v) is 18.9. The van der Waals surface area contributed by atoms with Gasteiger partial charge >= 0.3 is 0 Å². The Morgan fingerprint density at radius 1 is 1.13 bits per heavy atom. The molecule has 0 aliphatic carbocycles.